The lowest BCUT2D eigenvalue weighted by Crippen LogP contribution is -2.53. The van der Waals surface area contributed by atoms with E-state index in [1.807, 2.05) is 29.8 Å². The van der Waals surface area contributed by atoms with E-state index in [2.05, 4.69) is 39.7 Å². The minimum absolute atomic E-state index is 0.112. The third-order valence-corrected chi connectivity index (χ3v) is 5.91. The Bertz CT molecular complexity index is 768. The van der Waals surface area contributed by atoms with Crippen molar-refractivity contribution >= 4 is 11.3 Å². The molecule has 1 aliphatic rings. The Morgan fingerprint density at radius 3 is 3.04 bits per heavy atom. The fourth-order valence-electron chi connectivity index (χ4n) is 3.54. The summed E-state index contributed by atoms with van der Waals surface area (Å²) in [6.07, 6.45) is 3.34. The first-order valence-corrected chi connectivity index (χ1v) is 10.2. The van der Waals surface area contributed by atoms with Crippen molar-refractivity contribution in [2.75, 3.05) is 33.3 Å². The van der Waals surface area contributed by atoms with Crippen LogP contribution >= 0.6 is 11.3 Å². The number of nitrogens with zero attached hydrogens (tertiary/aromatic N) is 3. The first-order chi connectivity index (χ1) is 13.2. The van der Waals surface area contributed by atoms with E-state index in [1.54, 1.807) is 11.3 Å². The van der Waals surface area contributed by atoms with Crippen LogP contribution in [0.4, 0.5) is 0 Å². The van der Waals surface area contributed by atoms with Gasteiger partial charge in [-0.25, -0.2) is 0 Å². The van der Waals surface area contributed by atoms with Crippen molar-refractivity contribution in [3.63, 3.8) is 0 Å². The molecule has 1 aliphatic heterocycles. The zero-order valence-corrected chi connectivity index (χ0v) is 16.5. The highest BCUT2D eigenvalue weighted by atomic mass is 32.1. The topological polar surface area (TPSA) is 59.8 Å². The minimum atomic E-state index is -0.346. The number of aliphatic hydroxyl groups excluding tert-OH is 2. The minimum Gasteiger partial charge on any atom is -0.390 e. The van der Waals surface area contributed by atoms with Gasteiger partial charge in [-0.15, -0.1) is 11.3 Å². The van der Waals surface area contributed by atoms with Gasteiger partial charge in [0.2, 0.25) is 0 Å². The van der Waals surface area contributed by atoms with Gasteiger partial charge in [-0.2, -0.15) is 0 Å². The third-order valence-electron chi connectivity index (χ3n) is 4.99. The number of rotatable bonds is 6. The van der Waals surface area contributed by atoms with Crippen LogP contribution in [-0.2, 0) is 13.0 Å². The van der Waals surface area contributed by atoms with Crippen molar-refractivity contribution in [2.45, 2.75) is 31.5 Å². The Balaban J connectivity index is 1.47. The standard InChI is InChI=1S/C21H27N3O2S/c1-23(10-7-18-6-2-3-9-22-18)20-8-11-24(15-21(20)26)14-19-13-17(16-27-19)5-4-12-25/h2-3,6,9,13,16,20-21,25-26H,7-8,10-12,14-15H2,1H3/t20-,21-/m1/s1. The summed E-state index contributed by atoms with van der Waals surface area (Å²) in [4.78, 5) is 10.2. The number of piperidine rings is 1. The molecule has 0 aliphatic carbocycles. The van der Waals surface area contributed by atoms with E-state index in [1.165, 1.54) is 4.88 Å². The molecule has 0 amide bonds. The van der Waals surface area contributed by atoms with Crippen LogP contribution in [0.25, 0.3) is 0 Å². The number of aromatic nitrogens is 1. The van der Waals surface area contributed by atoms with Crippen LogP contribution in [0.1, 0.15) is 22.6 Å². The molecule has 2 aromatic rings. The molecule has 0 radical (unpaired) electrons. The largest absolute Gasteiger partial charge is 0.390 e. The maximum absolute atomic E-state index is 10.7. The molecule has 3 rings (SSSR count). The number of hydrogen-bond donors (Lipinski definition) is 2. The zero-order chi connectivity index (χ0) is 19.1. The van der Waals surface area contributed by atoms with Gasteiger partial charge in [-0.05, 0) is 31.7 Å². The van der Waals surface area contributed by atoms with Gasteiger partial charge in [-0.1, -0.05) is 17.9 Å². The van der Waals surface area contributed by atoms with Gasteiger partial charge >= 0.3 is 0 Å². The van der Waals surface area contributed by atoms with Gasteiger partial charge in [0.25, 0.3) is 0 Å². The summed E-state index contributed by atoms with van der Waals surface area (Å²) in [7, 11) is 2.10. The second kappa shape index (κ2) is 9.98. The third kappa shape index (κ3) is 5.86. The molecule has 0 unspecified atom stereocenters. The maximum Gasteiger partial charge on any atom is 0.104 e. The van der Waals surface area contributed by atoms with Gasteiger partial charge < -0.3 is 15.1 Å². The van der Waals surface area contributed by atoms with E-state index in [0.29, 0.717) is 6.54 Å². The van der Waals surface area contributed by atoms with E-state index in [4.69, 9.17) is 5.11 Å². The van der Waals surface area contributed by atoms with Crippen molar-refractivity contribution in [3.8, 4) is 11.8 Å². The Labute approximate surface area is 165 Å². The van der Waals surface area contributed by atoms with Crippen molar-refractivity contribution in [2.24, 2.45) is 0 Å². The monoisotopic (exact) mass is 385 g/mol. The summed E-state index contributed by atoms with van der Waals surface area (Å²) >= 11 is 1.68. The molecular weight excluding hydrogens is 358 g/mol. The normalized spacial score (nSPS) is 20.4. The summed E-state index contributed by atoms with van der Waals surface area (Å²) in [5, 5.41) is 21.5. The summed E-state index contributed by atoms with van der Waals surface area (Å²) in [6, 6.07) is 8.26. The summed E-state index contributed by atoms with van der Waals surface area (Å²) in [5.41, 5.74) is 2.04. The van der Waals surface area contributed by atoms with Crippen LogP contribution in [0.3, 0.4) is 0 Å². The number of hydrogen-bond acceptors (Lipinski definition) is 6. The fraction of sp³-hybridized carbons (Fsp3) is 0.476. The summed E-state index contributed by atoms with van der Waals surface area (Å²) < 4.78 is 0. The van der Waals surface area contributed by atoms with E-state index >= 15 is 0 Å². The van der Waals surface area contributed by atoms with E-state index in [9.17, 15) is 5.11 Å². The molecular formula is C21H27N3O2S. The zero-order valence-electron chi connectivity index (χ0n) is 15.7. The van der Waals surface area contributed by atoms with Gasteiger partial charge in [0.05, 0.1) is 6.10 Å². The van der Waals surface area contributed by atoms with Crippen molar-refractivity contribution < 1.29 is 10.2 Å². The lowest BCUT2D eigenvalue weighted by molar-refractivity contribution is -0.00591. The molecule has 3 heterocycles. The molecule has 1 saturated heterocycles. The van der Waals surface area contributed by atoms with Crippen LogP contribution in [-0.4, -0.2) is 70.4 Å². The molecule has 0 spiro atoms. The summed E-state index contributed by atoms with van der Waals surface area (Å²) in [5.74, 6) is 5.62. The first kappa shape index (κ1) is 20.0. The second-order valence-electron chi connectivity index (χ2n) is 6.97. The van der Waals surface area contributed by atoms with Gasteiger partial charge in [0, 0.05) is 66.4 Å². The SMILES string of the molecule is CN(CCc1ccccn1)[C@@H]1CCN(Cc2cc(C#CCO)cs2)C[C@H]1O. The number of pyridine rings is 1. The van der Waals surface area contributed by atoms with Gasteiger partial charge in [0.15, 0.2) is 0 Å². The van der Waals surface area contributed by atoms with Crippen molar-refractivity contribution in [1.29, 1.82) is 0 Å². The van der Waals surface area contributed by atoms with Gasteiger partial charge in [-0.3, -0.25) is 9.88 Å². The van der Waals surface area contributed by atoms with E-state index in [-0.39, 0.29) is 18.8 Å². The molecule has 0 aromatic carbocycles. The number of likely N-dealkylation sites (N-methyl/N-ethyl adjacent to an activating group) is 1. The highest BCUT2D eigenvalue weighted by Gasteiger charge is 2.30. The van der Waals surface area contributed by atoms with Crippen LogP contribution in [0, 0.1) is 11.8 Å². The molecule has 2 N–H and O–H groups in total. The number of thiophene rings is 1. The number of likely N-dealkylation sites (tertiary alicyclic amines) is 1. The Morgan fingerprint density at radius 2 is 2.30 bits per heavy atom. The smallest absolute Gasteiger partial charge is 0.104 e. The summed E-state index contributed by atoms with van der Waals surface area (Å²) in [6.45, 7) is 3.29. The lowest BCUT2D eigenvalue weighted by atomic mass is 10.00. The Kier molecular flexibility index (Phi) is 7.39. The lowest BCUT2D eigenvalue weighted by Gasteiger charge is -2.40. The van der Waals surface area contributed by atoms with Crippen LogP contribution in [0.2, 0.25) is 0 Å². The highest BCUT2D eigenvalue weighted by molar-refractivity contribution is 7.10. The molecule has 2 aromatic heterocycles. The molecule has 144 valence electrons. The van der Waals surface area contributed by atoms with Crippen LogP contribution in [0.5, 0.6) is 0 Å². The molecule has 6 heteroatoms. The predicted octanol–water partition coefficient (Wildman–Crippen LogP) is 1.60. The van der Waals surface area contributed by atoms with Crippen LogP contribution < -0.4 is 0 Å². The molecule has 1 fully saturated rings. The Morgan fingerprint density at radius 1 is 1.41 bits per heavy atom. The van der Waals surface area contributed by atoms with E-state index < -0.39 is 0 Å². The number of aliphatic hydroxyl groups is 2. The Hall–Kier alpha value is -1.75. The molecule has 27 heavy (non-hydrogen) atoms. The molecule has 2 atom stereocenters. The van der Waals surface area contributed by atoms with Crippen molar-refractivity contribution in [3.05, 3.63) is 52.0 Å². The predicted molar refractivity (Wildman–Crippen MR) is 109 cm³/mol. The van der Waals surface area contributed by atoms with Crippen molar-refractivity contribution in [1.82, 2.24) is 14.8 Å². The van der Waals surface area contributed by atoms with E-state index in [0.717, 1.165) is 43.7 Å². The fourth-order valence-corrected chi connectivity index (χ4v) is 4.39. The molecule has 5 nitrogen and oxygen atoms in total. The average Bonchev–Trinajstić information content (AvgIpc) is 3.12. The van der Waals surface area contributed by atoms with Gasteiger partial charge in [0.1, 0.15) is 6.61 Å². The molecule has 0 bridgehead atoms. The second-order valence-corrected chi connectivity index (χ2v) is 7.97. The van der Waals surface area contributed by atoms with Crippen LogP contribution in [0.15, 0.2) is 35.8 Å². The maximum atomic E-state index is 10.7. The first-order valence-electron chi connectivity index (χ1n) is 9.33. The average molecular weight is 386 g/mol. The highest BCUT2D eigenvalue weighted by Crippen LogP contribution is 2.21. The quantitative estimate of drug-likeness (QED) is 0.740. The molecule has 0 saturated carbocycles. The number of β-amino-alcohol motifs (C(OH)–C–C–N with tert-alkyl or cyclic N) is 1.